The van der Waals surface area contributed by atoms with Crippen molar-refractivity contribution >= 4 is 55.7 Å². The fourth-order valence-corrected chi connectivity index (χ4v) is 3.41. The molecule has 0 saturated heterocycles. The molecular formula is C18H11N7S. The van der Waals surface area contributed by atoms with Crippen molar-refractivity contribution in [1.82, 2.24) is 25.1 Å². The molecule has 8 heteroatoms. The molecule has 0 aliphatic carbocycles. The highest BCUT2D eigenvalue weighted by Gasteiger charge is 2.10. The van der Waals surface area contributed by atoms with Crippen LogP contribution in [-0.4, -0.2) is 25.1 Å². The van der Waals surface area contributed by atoms with Gasteiger partial charge in [0.05, 0.1) is 21.9 Å². The van der Waals surface area contributed by atoms with E-state index >= 15 is 0 Å². The molecule has 0 bridgehead atoms. The molecule has 0 aliphatic rings. The Morgan fingerprint density at radius 2 is 2.08 bits per heavy atom. The largest absolute Gasteiger partial charge is 0.339 e. The second-order valence-electron chi connectivity index (χ2n) is 5.54. The standard InChI is InChI=1S/C18H11N7S/c1-2-7-19-15(3-1)23-18-22-14-6-8-26-16(14)17(24-18)21-12-4-5-13-11(9-12)10-20-25-13/h1,3-6,8-10H,(H,20,25)(H2,19,21,22,23,24). The monoisotopic (exact) mass is 357 g/mol. The van der Waals surface area contributed by atoms with E-state index in [2.05, 4.69) is 48.0 Å². The van der Waals surface area contributed by atoms with Crippen molar-refractivity contribution in [3.05, 3.63) is 60.2 Å². The fraction of sp³-hybridized carbons (Fsp3) is 0. The lowest BCUT2D eigenvalue weighted by Gasteiger charge is -2.09. The molecule has 4 aromatic heterocycles. The maximum atomic E-state index is 4.62. The number of fused-ring (bicyclic) bond motifs is 2. The summed E-state index contributed by atoms with van der Waals surface area (Å²) in [5, 5.41) is 16.5. The van der Waals surface area contributed by atoms with Crippen LogP contribution < -0.4 is 10.6 Å². The first-order valence-electron chi connectivity index (χ1n) is 7.82. The zero-order chi connectivity index (χ0) is 17.3. The van der Waals surface area contributed by atoms with Gasteiger partial charge in [-0.15, -0.1) is 11.3 Å². The highest BCUT2D eigenvalue weighted by atomic mass is 32.1. The van der Waals surface area contributed by atoms with Crippen LogP contribution in [0.25, 0.3) is 21.1 Å². The molecule has 0 fully saturated rings. The average molecular weight is 357 g/mol. The lowest BCUT2D eigenvalue weighted by atomic mass is 10.2. The number of thiophene rings is 1. The lowest BCUT2D eigenvalue weighted by molar-refractivity contribution is 1.12. The van der Waals surface area contributed by atoms with Crippen LogP contribution in [0.3, 0.4) is 0 Å². The molecule has 5 aromatic rings. The van der Waals surface area contributed by atoms with Crippen LogP contribution in [0.2, 0.25) is 0 Å². The van der Waals surface area contributed by atoms with Gasteiger partial charge in [0.1, 0.15) is 5.82 Å². The van der Waals surface area contributed by atoms with Gasteiger partial charge in [0.2, 0.25) is 5.95 Å². The molecule has 5 rings (SSSR count). The number of anilines is 4. The van der Waals surface area contributed by atoms with Crippen LogP contribution in [0, 0.1) is 12.3 Å². The minimum atomic E-state index is 0.467. The van der Waals surface area contributed by atoms with Crippen molar-refractivity contribution in [2.45, 2.75) is 0 Å². The summed E-state index contributed by atoms with van der Waals surface area (Å²) in [6, 6.07) is 14.2. The maximum Gasteiger partial charge on any atom is 0.231 e. The zero-order valence-corrected chi connectivity index (χ0v) is 14.1. The van der Waals surface area contributed by atoms with E-state index in [0.717, 1.165) is 32.6 Å². The van der Waals surface area contributed by atoms with Crippen molar-refractivity contribution < 1.29 is 0 Å². The summed E-state index contributed by atoms with van der Waals surface area (Å²) in [5.74, 6) is 1.82. The van der Waals surface area contributed by atoms with Gasteiger partial charge in [-0.1, -0.05) is 0 Å². The molecule has 3 N–H and O–H groups in total. The Hall–Kier alpha value is -3.70. The van der Waals surface area contributed by atoms with E-state index in [1.54, 1.807) is 29.7 Å². The van der Waals surface area contributed by atoms with Crippen molar-refractivity contribution in [1.29, 1.82) is 0 Å². The van der Waals surface area contributed by atoms with Crippen molar-refractivity contribution in [2.24, 2.45) is 0 Å². The summed E-state index contributed by atoms with van der Waals surface area (Å²) in [7, 11) is 0. The number of aromatic amines is 1. The highest BCUT2D eigenvalue weighted by Crippen LogP contribution is 2.30. The Kier molecular flexibility index (Phi) is 3.37. The molecule has 4 heterocycles. The Balaban J connectivity index is 1.54. The molecular weight excluding hydrogens is 346 g/mol. The molecule has 1 aromatic carbocycles. The van der Waals surface area contributed by atoms with Crippen LogP contribution in [0.15, 0.2) is 48.0 Å². The SMILES string of the molecule is c1ccc(Nc2nc(Nc3ccc4[nH]ncc4c3)c3sccc3n2)nc#1. The van der Waals surface area contributed by atoms with Gasteiger partial charge in [-0.05, 0) is 47.8 Å². The van der Waals surface area contributed by atoms with Gasteiger partial charge in [-0.2, -0.15) is 15.1 Å². The van der Waals surface area contributed by atoms with Crippen LogP contribution in [-0.2, 0) is 0 Å². The van der Waals surface area contributed by atoms with E-state index in [1.807, 2.05) is 29.6 Å². The molecule has 0 atom stereocenters. The zero-order valence-electron chi connectivity index (χ0n) is 13.3. The molecule has 0 amide bonds. The van der Waals surface area contributed by atoms with Gasteiger partial charge in [0.25, 0.3) is 0 Å². The normalized spacial score (nSPS) is 10.8. The van der Waals surface area contributed by atoms with Crippen molar-refractivity contribution in [3.8, 4) is 0 Å². The number of aromatic nitrogens is 5. The Bertz CT molecular complexity index is 1200. The third-order valence-corrected chi connectivity index (χ3v) is 4.72. The molecule has 0 aliphatic heterocycles. The molecule has 0 radical (unpaired) electrons. The summed E-state index contributed by atoms with van der Waals surface area (Å²) >= 11 is 1.59. The van der Waals surface area contributed by atoms with E-state index < -0.39 is 0 Å². The smallest absolute Gasteiger partial charge is 0.231 e. The third-order valence-electron chi connectivity index (χ3n) is 3.81. The summed E-state index contributed by atoms with van der Waals surface area (Å²) in [5.41, 5.74) is 2.79. The lowest BCUT2D eigenvalue weighted by Crippen LogP contribution is -2.02. The van der Waals surface area contributed by atoms with Crippen LogP contribution in [0.1, 0.15) is 0 Å². The second kappa shape index (κ2) is 5.98. The molecule has 0 unspecified atom stereocenters. The number of rotatable bonds is 4. The Morgan fingerprint density at radius 3 is 3.00 bits per heavy atom. The molecule has 26 heavy (non-hydrogen) atoms. The number of nitrogens with one attached hydrogen (secondary N) is 3. The molecule has 0 spiro atoms. The molecule has 124 valence electrons. The first-order valence-corrected chi connectivity index (χ1v) is 8.70. The van der Waals surface area contributed by atoms with Crippen LogP contribution >= 0.6 is 11.3 Å². The van der Waals surface area contributed by atoms with E-state index in [1.165, 1.54) is 0 Å². The number of hydrogen-bond acceptors (Lipinski definition) is 7. The number of nitrogens with zero attached hydrogens (tertiary/aromatic N) is 4. The van der Waals surface area contributed by atoms with Gasteiger partial charge in [0, 0.05) is 17.3 Å². The predicted octanol–water partition coefficient (Wildman–Crippen LogP) is 4.05. The van der Waals surface area contributed by atoms with E-state index in [9.17, 15) is 0 Å². The van der Waals surface area contributed by atoms with Gasteiger partial charge in [0.15, 0.2) is 5.82 Å². The van der Waals surface area contributed by atoms with Gasteiger partial charge < -0.3 is 10.6 Å². The van der Waals surface area contributed by atoms with E-state index in [-0.39, 0.29) is 0 Å². The van der Waals surface area contributed by atoms with Crippen molar-refractivity contribution in [2.75, 3.05) is 10.6 Å². The topological polar surface area (TPSA) is 91.4 Å². The summed E-state index contributed by atoms with van der Waals surface area (Å²) in [4.78, 5) is 13.2. The number of benzene rings is 1. The van der Waals surface area contributed by atoms with Gasteiger partial charge in [-0.25, -0.2) is 4.98 Å². The van der Waals surface area contributed by atoms with Crippen molar-refractivity contribution in [3.63, 3.8) is 0 Å². The maximum absolute atomic E-state index is 4.62. The van der Waals surface area contributed by atoms with E-state index in [4.69, 9.17) is 0 Å². The summed E-state index contributed by atoms with van der Waals surface area (Å²) in [6.07, 6.45) is 4.46. The van der Waals surface area contributed by atoms with Crippen LogP contribution in [0.4, 0.5) is 23.3 Å². The molecule has 7 nitrogen and oxygen atoms in total. The van der Waals surface area contributed by atoms with Gasteiger partial charge in [-0.3, -0.25) is 5.10 Å². The quantitative estimate of drug-likeness (QED) is 0.449. The summed E-state index contributed by atoms with van der Waals surface area (Å²) in [6.45, 7) is 0. The van der Waals surface area contributed by atoms with Crippen LogP contribution in [0.5, 0.6) is 0 Å². The highest BCUT2D eigenvalue weighted by molar-refractivity contribution is 7.17. The van der Waals surface area contributed by atoms with Gasteiger partial charge >= 0.3 is 0 Å². The predicted molar refractivity (Wildman–Crippen MR) is 102 cm³/mol. The third kappa shape index (κ3) is 2.66. The minimum Gasteiger partial charge on any atom is -0.339 e. The number of hydrogen-bond donors (Lipinski definition) is 3. The average Bonchev–Trinajstić information content (AvgIpc) is 3.31. The first-order chi connectivity index (χ1) is 12.8. The summed E-state index contributed by atoms with van der Waals surface area (Å²) < 4.78 is 0.990. The molecule has 0 saturated carbocycles. The second-order valence-corrected chi connectivity index (χ2v) is 6.46. The first kappa shape index (κ1) is 14.6. The fourth-order valence-electron chi connectivity index (χ4n) is 2.63. The van der Waals surface area contributed by atoms with E-state index in [0.29, 0.717) is 11.8 Å². The Morgan fingerprint density at radius 1 is 1.08 bits per heavy atom. The minimum absolute atomic E-state index is 0.467. The number of H-pyrrole nitrogens is 1. The Labute approximate surface area is 152 Å².